The van der Waals surface area contributed by atoms with Crippen molar-refractivity contribution in [3.63, 3.8) is 0 Å². The lowest BCUT2D eigenvalue weighted by Gasteiger charge is -2.09. The summed E-state index contributed by atoms with van der Waals surface area (Å²) in [4.78, 5) is 3.42. The van der Waals surface area contributed by atoms with Crippen LogP contribution < -0.4 is 10.5 Å². The van der Waals surface area contributed by atoms with Gasteiger partial charge in [0.25, 0.3) is 10.0 Å². The minimum absolute atomic E-state index is 0.103. The van der Waals surface area contributed by atoms with Gasteiger partial charge in [-0.25, -0.2) is 17.8 Å². The zero-order chi connectivity index (χ0) is 14.8. The minimum Gasteiger partial charge on any atom is -0.326 e. The first kappa shape index (κ1) is 14.9. The molecule has 20 heavy (non-hydrogen) atoms. The van der Waals surface area contributed by atoms with Gasteiger partial charge in [-0.1, -0.05) is 6.07 Å². The van der Waals surface area contributed by atoms with Gasteiger partial charge in [0, 0.05) is 17.2 Å². The van der Waals surface area contributed by atoms with E-state index in [2.05, 4.69) is 25.6 Å². The number of hydrogen-bond acceptors (Lipinski definition) is 4. The fraction of sp³-hybridized carbons (Fsp3) is 0.0833. The largest absolute Gasteiger partial charge is 0.326 e. The molecule has 106 valence electrons. The van der Waals surface area contributed by atoms with Gasteiger partial charge < -0.3 is 5.73 Å². The molecule has 0 aliphatic heterocycles. The fourth-order valence-corrected chi connectivity index (χ4v) is 2.88. The summed E-state index contributed by atoms with van der Waals surface area (Å²) >= 11 is 3.19. The molecular weight excluding hydrogens is 349 g/mol. The van der Waals surface area contributed by atoms with Crippen LogP contribution in [0.4, 0.5) is 10.2 Å². The number of sulfonamides is 1. The molecule has 1 heterocycles. The van der Waals surface area contributed by atoms with Crippen LogP contribution in [-0.4, -0.2) is 13.4 Å². The standard InChI is InChI=1S/C12H11BrFN3O2S/c13-9-2-4-12(16-7-9)17-20(18,19)11-5-8(6-15)1-3-10(11)14/h1-5,7H,6,15H2,(H,16,17). The molecule has 2 aromatic rings. The third kappa shape index (κ3) is 3.33. The highest BCUT2D eigenvalue weighted by Crippen LogP contribution is 2.20. The van der Waals surface area contributed by atoms with Crippen molar-refractivity contribution in [3.8, 4) is 0 Å². The van der Waals surface area contributed by atoms with E-state index >= 15 is 0 Å². The fourth-order valence-electron chi connectivity index (χ4n) is 1.51. The maximum Gasteiger partial charge on any atom is 0.265 e. The van der Waals surface area contributed by atoms with Crippen LogP contribution in [0.15, 0.2) is 45.9 Å². The smallest absolute Gasteiger partial charge is 0.265 e. The highest BCUT2D eigenvalue weighted by molar-refractivity contribution is 9.10. The second-order valence-corrected chi connectivity index (χ2v) is 6.50. The molecule has 0 radical (unpaired) electrons. The van der Waals surface area contributed by atoms with Crippen LogP contribution in [-0.2, 0) is 16.6 Å². The average molecular weight is 360 g/mol. The summed E-state index contributed by atoms with van der Waals surface area (Å²) in [5.41, 5.74) is 5.95. The number of nitrogens with two attached hydrogens (primary N) is 1. The van der Waals surface area contributed by atoms with Gasteiger partial charge in [0.15, 0.2) is 0 Å². The number of nitrogens with one attached hydrogen (secondary N) is 1. The Balaban J connectivity index is 2.37. The first-order valence-electron chi connectivity index (χ1n) is 5.55. The molecule has 0 aliphatic rings. The maximum absolute atomic E-state index is 13.7. The molecule has 1 aromatic heterocycles. The highest BCUT2D eigenvalue weighted by Gasteiger charge is 2.20. The van der Waals surface area contributed by atoms with Gasteiger partial charge >= 0.3 is 0 Å². The van der Waals surface area contributed by atoms with Crippen LogP contribution in [0, 0.1) is 5.82 Å². The summed E-state index contributed by atoms with van der Waals surface area (Å²) in [6.45, 7) is 0.124. The normalized spacial score (nSPS) is 11.3. The number of aromatic nitrogens is 1. The van der Waals surface area contributed by atoms with Crippen LogP contribution in [0.3, 0.4) is 0 Å². The van der Waals surface area contributed by atoms with E-state index in [4.69, 9.17) is 5.73 Å². The summed E-state index contributed by atoms with van der Waals surface area (Å²) in [6, 6.07) is 6.80. The predicted molar refractivity (Wildman–Crippen MR) is 77.0 cm³/mol. The van der Waals surface area contributed by atoms with E-state index in [1.165, 1.54) is 24.4 Å². The van der Waals surface area contributed by atoms with Crippen molar-refractivity contribution >= 4 is 31.8 Å². The van der Waals surface area contributed by atoms with E-state index in [-0.39, 0.29) is 12.4 Å². The third-order valence-corrected chi connectivity index (χ3v) is 4.33. The van der Waals surface area contributed by atoms with Crippen molar-refractivity contribution in [3.05, 3.63) is 52.4 Å². The lowest BCUT2D eigenvalue weighted by molar-refractivity contribution is 0.569. The minimum atomic E-state index is -4.05. The van der Waals surface area contributed by atoms with E-state index in [0.29, 0.717) is 10.0 Å². The van der Waals surface area contributed by atoms with Gasteiger partial charge in [0.05, 0.1) is 0 Å². The summed E-state index contributed by atoms with van der Waals surface area (Å²) in [5.74, 6) is -0.738. The summed E-state index contributed by atoms with van der Waals surface area (Å²) in [7, 11) is -4.05. The highest BCUT2D eigenvalue weighted by atomic mass is 79.9. The number of benzene rings is 1. The average Bonchev–Trinajstić information content (AvgIpc) is 2.41. The topological polar surface area (TPSA) is 85.1 Å². The molecule has 3 N–H and O–H groups in total. The number of halogens is 2. The Bertz CT molecular complexity index is 720. The van der Waals surface area contributed by atoms with Crippen LogP contribution >= 0.6 is 15.9 Å². The van der Waals surface area contributed by atoms with Crippen molar-refractivity contribution in [1.82, 2.24) is 4.98 Å². The molecule has 0 saturated heterocycles. The second kappa shape index (κ2) is 5.86. The monoisotopic (exact) mass is 359 g/mol. The van der Waals surface area contributed by atoms with Gasteiger partial charge in [-0.2, -0.15) is 0 Å². The van der Waals surface area contributed by atoms with E-state index in [0.717, 1.165) is 6.07 Å². The van der Waals surface area contributed by atoms with Crippen LogP contribution in [0.5, 0.6) is 0 Å². The molecule has 0 bridgehead atoms. The molecule has 0 unspecified atom stereocenters. The molecule has 5 nitrogen and oxygen atoms in total. The molecule has 0 spiro atoms. The number of rotatable bonds is 4. The molecule has 8 heteroatoms. The Labute approximate surface area is 124 Å². The molecule has 0 saturated carbocycles. The lowest BCUT2D eigenvalue weighted by Crippen LogP contribution is -2.16. The van der Waals surface area contributed by atoms with Crippen molar-refractivity contribution in [2.75, 3.05) is 4.72 Å². The van der Waals surface area contributed by atoms with Gasteiger partial charge in [-0.05, 0) is 45.8 Å². The Morgan fingerprint density at radius 3 is 2.65 bits per heavy atom. The molecule has 2 rings (SSSR count). The Morgan fingerprint density at radius 1 is 1.30 bits per heavy atom. The van der Waals surface area contributed by atoms with E-state index in [1.807, 2.05) is 0 Å². The number of pyridine rings is 1. The van der Waals surface area contributed by atoms with Crippen molar-refractivity contribution in [1.29, 1.82) is 0 Å². The first-order valence-corrected chi connectivity index (χ1v) is 7.83. The van der Waals surface area contributed by atoms with E-state index < -0.39 is 20.7 Å². The molecule has 0 aliphatic carbocycles. The first-order chi connectivity index (χ1) is 9.42. The Morgan fingerprint density at radius 2 is 2.05 bits per heavy atom. The van der Waals surface area contributed by atoms with Crippen molar-refractivity contribution in [2.24, 2.45) is 5.73 Å². The SMILES string of the molecule is NCc1ccc(F)c(S(=O)(=O)Nc2ccc(Br)cn2)c1. The van der Waals surface area contributed by atoms with Gasteiger partial charge in [0.2, 0.25) is 0 Å². The quantitative estimate of drug-likeness (QED) is 0.876. The van der Waals surface area contributed by atoms with Gasteiger partial charge in [-0.15, -0.1) is 0 Å². The van der Waals surface area contributed by atoms with Crippen molar-refractivity contribution < 1.29 is 12.8 Å². The lowest BCUT2D eigenvalue weighted by atomic mass is 10.2. The zero-order valence-corrected chi connectivity index (χ0v) is 12.6. The van der Waals surface area contributed by atoms with Gasteiger partial charge in [0.1, 0.15) is 16.5 Å². The molecule has 1 aromatic carbocycles. The summed E-state index contributed by atoms with van der Waals surface area (Å²) in [5, 5.41) is 0. The molecular formula is C12H11BrFN3O2S. The summed E-state index contributed by atoms with van der Waals surface area (Å²) < 4.78 is 40.9. The maximum atomic E-state index is 13.7. The second-order valence-electron chi connectivity index (χ2n) is 3.94. The van der Waals surface area contributed by atoms with Gasteiger partial charge in [-0.3, -0.25) is 4.72 Å². The van der Waals surface area contributed by atoms with Crippen LogP contribution in [0.1, 0.15) is 5.56 Å². The molecule has 0 atom stereocenters. The Hall–Kier alpha value is -1.51. The number of anilines is 1. The Kier molecular flexibility index (Phi) is 4.36. The van der Waals surface area contributed by atoms with Crippen molar-refractivity contribution in [2.45, 2.75) is 11.4 Å². The van der Waals surface area contributed by atoms with E-state index in [1.54, 1.807) is 6.07 Å². The third-order valence-electron chi connectivity index (χ3n) is 2.49. The van der Waals surface area contributed by atoms with Crippen LogP contribution in [0.2, 0.25) is 0 Å². The number of hydrogen-bond donors (Lipinski definition) is 2. The number of nitrogens with zero attached hydrogens (tertiary/aromatic N) is 1. The molecule has 0 fully saturated rings. The predicted octanol–water partition coefficient (Wildman–Crippen LogP) is 2.24. The van der Waals surface area contributed by atoms with Crippen LogP contribution in [0.25, 0.3) is 0 Å². The zero-order valence-electron chi connectivity index (χ0n) is 10.2. The molecule has 0 amide bonds. The van der Waals surface area contributed by atoms with E-state index in [9.17, 15) is 12.8 Å². The summed E-state index contributed by atoms with van der Waals surface area (Å²) in [6.07, 6.45) is 1.44.